The molecule has 1 aromatic carbocycles. The first-order valence-corrected chi connectivity index (χ1v) is 5.83. The van der Waals surface area contributed by atoms with Crippen molar-refractivity contribution >= 4 is 12.0 Å². The van der Waals surface area contributed by atoms with Crippen LogP contribution in [0.4, 0.5) is 0 Å². The van der Waals surface area contributed by atoms with Crippen LogP contribution in [0.1, 0.15) is 46.9 Å². The van der Waals surface area contributed by atoms with Gasteiger partial charge in [0.05, 0.1) is 11.7 Å². The van der Waals surface area contributed by atoms with Gasteiger partial charge in [0.1, 0.15) is 0 Å². The van der Waals surface area contributed by atoms with Gasteiger partial charge in [0.2, 0.25) is 0 Å². The maximum Gasteiger partial charge on any atom is 0.336 e. The molecule has 1 heterocycles. The van der Waals surface area contributed by atoms with Crippen LogP contribution in [0.15, 0.2) is 24.8 Å². The van der Waals surface area contributed by atoms with Crippen molar-refractivity contribution < 1.29 is 14.6 Å². The molecule has 1 atom stereocenters. The summed E-state index contributed by atoms with van der Waals surface area (Å²) in [5, 5.41) is 9.18. The minimum absolute atomic E-state index is 0.0882. The highest BCUT2D eigenvalue weighted by Crippen LogP contribution is 2.31. The van der Waals surface area contributed by atoms with E-state index in [-0.39, 0.29) is 6.10 Å². The van der Waals surface area contributed by atoms with Gasteiger partial charge in [-0.05, 0) is 42.5 Å². The average molecular weight is 232 g/mol. The molecule has 1 saturated heterocycles. The molecule has 1 N–H and O–H groups in total. The molecule has 0 bridgehead atoms. The molecule has 0 saturated carbocycles. The van der Waals surface area contributed by atoms with E-state index in [4.69, 9.17) is 4.74 Å². The average Bonchev–Trinajstić information content (AvgIpc) is 2.39. The largest absolute Gasteiger partial charge is 0.478 e. The van der Waals surface area contributed by atoms with Gasteiger partial charge in [0, 0.05) is 6.61 Å². The van der Waals surface area contributed by atoms with Gasteiger partial charge in [-0.1, -0.05) is 18.7 Å². The van der Waals surface area contributed by atoms with E-state index in [1.165, 1.54) is 0 Å². The summed E-state index contributed by atoms with van der Waals surface area (Å²) < 4.78 is 5.66. The second kappa shape index (κ2) is 5.15. The van der Waals surface area contributed by atoms with E-state index in [1.54, 1.807) is 18.2 Å². The van der Waals surface area contributed by atoms with Crippen LogP contribution in [0.2, 0.25) is 0 Å². The van der Waals surface area contributed by atoms with Crippen molar-refractivity contribution in [3.8, 4) is 0 Å². The highest BCUT2D eigenvalue weighted by atomic mass is 16.5. The first kappa shape index (κ1) is 11.9. The Hall–Kier alpha value is -1.61. The molecule has 1 aliphatic rings. The number of rotatable bonds is 3. The van der Waals surface area contributed by atoms with Crippen LogP contribution in [-0.4, -0.2) is 17.7 Å². The summed E-state index contributed by atoms with van der Waals surface area (Å²) in [6.07, 6.45) is 4.66. The number of ether oxygens (including phenoxy) is 1. The van der Waals surface area contributed by atoms with Crippen molar-refractivity contribution in [1.29, 1.82) is 0 Å². The van der Waals surface area contributed by atoms with Gasteiger partial charge in [0.25, 0.3) is 0 Å². The first-order chi connectivity index (χ1) is 8.22. The minimum Gasteiger partial charge on any atom is -0.478 e. The zero-order valence-electron chi connectivity index (χ0n) is 9.69. The zero-order valence-corrected chi connectivity index (χ0v) is 9.69. The third kappa shape index (κ3) is 2.56. The monoisotopic (exact) mass is 232 g/mol. The number of carbonyl (C=O) groups is 1. The predicted octanol–water partition coefficient (Wildman–Crippen LogP) is 3.27. The smallest absolute Gasteiger partial charge is 0.336 e. The molecule has 2 rings (SSSR count). The third-order valence-corrected chi connectivity index (χ3v) is 3.07. The molecule has 3 nitrogen and oxygen atoms in total. The number of hydrogen-bond donors (Lipinski definition) is 1. The van der Waals surface area contributed by atoms with Crippen LogP contribution < -0.4 is 0 Å². The van der Waals surface area contributed by atoms with E-state index in [9.17, 15) is 9.90 Å². The second-order valence-electron chi connectivity index (χ2n) is 4.21. The lowest BCUT2D eigenvalue weighted by atomic mass is 9.95. The lowest BCUT2D eigenvalue weighted by Crippen LogP contribution is -2.15. The summed E-state index contributed by atoms with van der Waals surface area (Å²) in [7, 11) is 0. The summed E-state index contributed by atoms with van der Waals surface area (Å²) in [5.74, 6) is -0.898. The van der Waals surface area contributed by atoms with Crippen molar-refractivity contribution in [3.05, 3.63) is 41.5 Å². The Bertz CT molecular complexity index is 431. The Kier molecular flexibility index (Phi) is 3.59. The van der Waals surface area contributed by atoms with Crippen molar-refractivity contribution in [3.63, 3.8) is 0 Å². The van der Waals surface area contributed by atoms with Crippen LogP contribution >= 0.6 is 0 Å². The second-order valence-corrected chi connectivity index (χ2v) is 4.21. The molecule has 3 heteroatoms. The fourth-order valence-electron chi connectivity index (χ4n) is 2.16. The van der Waals surface area contributed by atoms with Gasteiger partial charge in [-0.15, -0.1) is 0 Å². The summed E-state index contributed by atoms with van der Waals surface area (Å²) in [6.45, 7) is 4.41. The van der Waals surface area contributed by atoms with Crippen molar-refractivity contribution in [2.24, 2.45) is 0 Å². The van der Waals surface area contributed by atoms with E-state index in [0.29, 0.717) is 12.2 Å². The lowest BCUT2D eigenvalue weighted by molar-refractivity contribution is 0.0139. The topological polar surface area (TPSA) is 46.5 Å². The molecule has 0 radical (unpaired) electrons. The summed E-state index contributed by atoms with van der Waals surface area (Å²) >= 11 is 0. The van der Waals surface area contributed by atoms with Crippen molar-refractivity contribution in [1.82, 2.24) is 0 Å². The van der Waals surface area contributed by atoms with Gasteiger partial charge in [0.15, 0.2) is 0 Å². The van der Waals surface area contributed by atoms with Gasteiger partial charge in [-0.2, -0.15) is 0 Å². The van der Waals surface area contributed by atoms with Gasteiger partial charge in [-0.25, -0.2) is 4.79 Å². The molecular weight excluding hydrogens is 216 g/mol. The quantitative estimate of drug-likeness (QED) is 0.870. The molecule has 1 aromatic rings. The summed E-state index contributed by atoms with van der Waals surface area (Å²) in [4.78, 5) is 11.2. The van der Waals surface area contributed by atoms with Crippen LogP contribution in [0, 0.1) is 0 Å². The normalized spacial score (nSPS) is 19.9. The first-order valence-electron chi connectivity index (χ1n) is 5.83. The Morgan fingerprint density at radius 2 is 2.29 bits per heavy atom. The van der Waals surface area contributed by atoms with Crippen LogP contribution in [-0.2, 0) is 4.74 Å². The molecule has 17 heavy (non-hydrogen) atoms. The maximum atomic E-state index is 11.2. The lowest BCUT2D eigenvalue weighted by Gasteiger charge is -2.24. The number of carboxylic acids is 1. The van der Waals surface area contributed by atoms with E-state index in [0.717, 1.165) is 30.4 Å². The fraction of sp³-hybridized carbons (Fsp3) is 0.357. The molecule has 90 valence electrons. The summed E-state index contributed by atoms with van der Waals surface area (Å²) in [6, 6.07) is 5.27. The maximum absolute atomic E-state index is 11.2. The third-order valence-electron chi connectivity index (χ3n) is 3.07. The van der Waals surface area contributed by atoms with Gasteiger partial charge in [-0.3, -0.25) is 0 Å². The molecule has 0 spiro atoms. The Morgan fingerprint density at radius 3 is 2.88 bits per heavy atom. The molecular formula is C14H16O3. The standard InChI is InChI=1S/C14H16O3/c1-2-10-6-7-11(14(15)16)12(9-10)13-5-3-4-8-17-13/h2,6-7,9,13H,1,3-5,8H2,(H,15,16). The Balaban J connectivity index is 2.39. The molecule has 1 aliphatic heterocycles. The van der Waals surface area contributed by atoms with E-state index < -0.39 is 5.97 Å². The van der Waals surface area contributed by atoms with E-state index in [1.807, 2.05) is 6.07 Å². The molecule has 1 fully saturated rings. The molecule has 0 aliphatic carbocycles. The van der Waals surface area contributed by atoms with Gasteiger partial charge >= 0.3 is 5.97 Å². The highest BCUT2D eigenvalue weighted by Gasteiger charge is 2.21. The van der Waals surface area contributed by atoms with E-state index >= 15 is 0 Å². The SMILES string of the molecule is C=Cc1ccc(C(=O)O)c(C2CCCCO2)c1. The zero-order chi connectivity index (χ0) is 12.3. The van der Waals surface area contributed by atoms with Crippen LogP contribution in [0.3, 0.4) is 0 Å². The predicted molar refractivity (Wildman–Crippen MR) is 66.0 cm³/mol. The number of hydrogen-bond acceptors (Lipinski definition) is 2. The number of benzene rings is 1. The van der Waals surface area contributed by atoms with Crippen LogP contribution in [0.5, 0.6) is 0 Å². The minimum atomic E-state index is -0.898. The highest BCUT2D eigenvalue weighted by molar-refractivity contribution is 5.90. The van der Waals surface area contributed by atoms with Crippen molar-refractivity contribution in [2.45, 2.75) is 25.4 Å². The van der Waals surface area contributed by atoms with Crippen LogP contribution in [0.25, 0.3) is 6.08 Å². The molecule has 1 unspecified atom stereocenters. The Labute approximate surface area is 101 Å². The Morgan fingerprint density at radius 1 is 1.47 bits per heavy atom. The van der Waals surface area contributed by atoms with Crippen molar-refractivity contribution in [2.75, 3.05) is 6.61 Å². The van der Waals surface area contributed by atoms with E-state index in [2.05, 4.69) is 6.58 Å². The summed E-state index contributed by atoms with van der Waals surface area (Å²) in [5.41, 5.74) is 2.04. The molecule has 0 amide bonds. The fourth-order valence-corrected chi connectivity index (χ4v) is 2.16. The molecule has 0 aromatic heterocycles. The number of carboxylic acid groups (broad SMARTS) is 1. The number of aromatic carboxylic acids is 1. The van der Waals surface area contributed by atoms with Gasteiger partial charge < -0.3 is 9.84 Å².